The van der Waals surface area contributed by atoms with Gasteiger partial charge in [-0.3, -0.25) is 0 Å². The summed E-state index contributed by atoms with van der Waals surface area (Å²) in [6.07, 6.45) is 0. The number of nitrogens with zero attached hydrogens (tertiary/aromatic N) is 4. The van der Waals surface area contributed by atoms with Crippen LogP contribution < -0.4 is 32.6 Å². The molecule has 0 saturated carbocycles. The molecule has 0 atom stereocenters. The zero-order valence-electron chi connectivity index (χ0n) is 22.2. The van der Waals surface area contributed by atoms with E-state index < -0.39 is 17.1 Å². The first-order valence-electron chi connectivity index (χ1n) is 12.0. The molecule has 0 aliphatic rings. The maximum absolute atomic E-state index is 13.9. The number of hydrogen-bond donors (Lipinski definition) is 2. The van der Waals surface area contributed by atoms with Crippen LogP contribution in [0.15, 0.2) is 69.0 Å². The molecule has 0 amide bonds. The summed E-state index contributed by atoms with van der Waals surface area (Å²) in [5.41, 5.74) is 3.82. The van der Waals surface area contributed by atoms with Crippen molar-refractivity contribution in [1.29, 1.82) is 0 Å². The van der Waals surface area contributed by atoms with E-state index in [1.807, 2.05) is 64.0 Å². The van der Waals surface area contributed by atoms with Crippen molar-refractivity contribution in [2.24, 2.45) is 0 Å². The van der Waals surface area contributed by atoms with E-state index in [9.17, 15) is 14.4 Å². The summed E-state index contributed by atoms with van der Waals surface area (Å²) in [7, 11) is 7.43. The fourth-order valence-electron chi connectivity index (χ4n) is 4.46. The van der Waals surface area contributed by atoms with E-state index in [0.717, 1.165) is 36.3 Å². The molecule has 0 spiro atoms. The molecule has 0 unspecified atom stereocenters. The van der Waals surface area contributed by atoms with Gasteiger partial charge in [-0.05, 0) is 92.1 Å². The van der Waals surface area contributed by atoms with E-state index in [1.165, 1.54) is 0 Å². The van der Waals surface area contributed by atoms with Gasteiger partial charge in [0.25, 0.3) is 0 Å². The minimum Gasteiger partial charge on any atom is -0.388 e. The van der Waals surface area contributed by atoms with Crippen molar-refractivity contribution in [1.82, 2.24) is 13.7 Å². The van der Waals surface area contributed by atoms with Gasteiger partial charge in [0, 0.05) is 45.3 Å². The average Bonchev–Trinajstić information content (AvgIpc) is 2.86. The first kappa shape index (κ1) is 25.6. The van der Waals surface area contributed by atoms with E-state index in [0.29, 0.717) is 28.2 Å². The molecule has 0 saturated heterocycles. The van der Waals surface area contributed by atoms with E-state index in [2.05, 4.69) is 10.6 Å². The van der Waals surface area contributed by atoms with Gasteiger partial charge in [0.05, 0.1) is 17.1 Å². The summed E-state index contributed by atoms with van der Waals surface area (Å²) in [6, 6.07) is 16.2. The third-order valence-electron chi connectivity index (χ3n) is 6.54. The lowest BCUT2D eigenvalue weighted by Crippen LogP contribution is -2.53. The summed E-state index contributed by atoms with van der Waals surface area (Å²) in [5.74, 6) is 0. The number of nitrogens with one attached hydrogen (secondary N) is 2. The fraction of sp³-hybridized carbons (Fsp3) is 0.250. The van der Waals surface area contributed by atoms with Crippen LogP contribution in [0.2, 0.25) is 0 Å². The van der Waals surface area contributed by atoms with Gasteiger partial charge in [0.2, 0.25) is 0 Å². The second-order valence-corrected chi connectivity index (χ2v) is 9.22. The Bertz CT molecular complexity index is 1590. The molecule has 0 aliphatic carbocycles. The molecule has 37 heavy (non-hydrogen) atoms. The SMILES string of the molecule is CNc1ccc(-n2c(=O)n(-c3ccc(NC)cc3C)c(=O)n(-c3ccc(N(C)C)cc3C)c2=O)c(C)c1. The van der Waals surface area contributed by atoms with Crippen LogP contribution in [0.25, 0.3) is 17.1 Å². The summed E-state index contributed by atoms with van der Waals surface area (Å²) in [6.45, 7) is 5.49. The highest BCUT2D eigenvalue weighted by atomic mass is 16.2. The van der Waals surface area contributed by atoms with Crippen LogP contribution in [0.5, 0.6) is 0 Å². The number of hydrogen-bond acceptors (Lipinski definition) is 6. The maximum Gasteiger partial charge on any atom is 0.345 e. The van der Waals surface area contributed by atoms with Crippen LogP contribution in [0.3, 0.4) is 0 Å². The van der Waals surface area contributed by atoms with Gasteiger partial charge in [-0.15, -0.1) is 0 Å². The second kappa shape index (κ2) is 9.85. The molecule has 1 heterocycles. The van der Waals surface area contributed by atoms with E-state index in [-0.39, 0.29) is 0 Å². The minimum absolute atomic E-state index is 0.406. The molecule has 3 aromatic carbocycles. The first-order chi connectivity index (χ1) is 17.6. The Kier molecular flexibility index (Phi) is 6.80. The van der Waals surface area contributed by atoms with Gasteiger partial charge in [-0.1, -0.05) is 0 Å². The number of benzene rings is 3. The number of rotatable bonds is 6. The Labute approximate surface area is 215 Å². The molecule has 0 bridgehead atoms. The molecule has 9 nitrogen and oxygen atoms in total. The Morgan fingerprint density at radius 1 is 0.568 bits per heavy atom. The standard InChI is InChI=1S/C28H32N6O3/c1-17-14-20(29-4)8-11-23(17)32-26(35)33(24-12-9-21(30-5)15-18(24)2)28(37)34(27(32)36)25-13-10-22(31(6)7)16-19(25)3/h8-16,29-30H,1-7H3. The topological polar surface area (TPSA) is 93.3 Å². The molecule has 2 N–H and O–H groups in total. The largest absolute Gasteiger partial charge is 0.388 e. The lowest BCUT2D eigenvalue weighted by molar-refractivity contribution is 0.655. The molecule has 1 aromatic heterocycles. The van der Waals surface area contributed by atoms with Gasteiger partial charge in [-0.25, -0.2) is 28.1 Å². The molecule has 0 fully saturated rings. The molecule has 4 rings (SSSR count). The first-order valence-corrected chi connectivity index (χ1v) is 12.0. The summed E-state index contributed by atoms with van der Waals surface area (Å²) in [5, 5.41) is 6.13. The van der Waals surface area contributed by atoms with Crippen molar-refractivity contribution in [2.45, 2.75) is 20.8 Å². The smallest absolute Gasteiger partial charge is 0.345 e. The highest BCUT2D eigenvalue weighted by molar-refractivity contribution is 5.57. The van der Waals surface area contributed by atoms with Crippen molar-refractivity contribution < 1.29 is 0 Å². The van der Waals surface area contributed by atoms with E-state index >= 15 is 0 Å². The fourth-order valence-corrected chi connectivity index (χ4v) is 4.46. The normalized spacial score (nSPS) is 10.9. The van der Waals surface area contributed by atoms with Crippen LogP contribution in [0.4, 0.5) is 17.1 Å². The highest BCUT2D eigenvalue weighted by Gasteiger charge is 2.22. The van der Waals surface area contributed by atoms with E-state index in [1.54, 1.807) is 44.4 Å². The van der Waals surface area contributed by atoms with Gasteiger partial charge < -0.3 is 15.5 Å². The van der Waals surface area contributed by atoms with Crippen LogP contribution in [0.1, 0.15) is 16.7 Å². The van der Waals surface area contributed by atoms with Crippen molar-refractivity contribution in [2.75, 3.05) is 43.7 Å². The summed E-state index contributed by atoms with van der Waals surface area (Å²) < 4.78 is 3.22. The number of aromatic nitrogens is 3. The van der Waals surface area contributed by atoms with Crippen molar-refractivity contribution >= 4 is 17.1 Å². The molecule has 0 aliphatic heterocycles. The maximum atomic E-state index is 13.9. The number of anilines is 3. The molecule has 0 radical (unpaired) electrons. The molecular formula is C28H32N6O3. The lowest BCUT2D eigenvalue weighted by atomic mass is 10.1. The van der Waals surface area contributed by atoms with Gasteiger partial charge in [0.15, 0.2) is 0 Å². The Morgan fingerprint density at radius 3 is 1.22 bits per heavy atom. The highest BCUT2D eigenvalue weighted by Crippen LogP contribution is 2.21. The van der Waals surface area contributed by atoms with Gasteiger partial charge in [0.1, 0.15) is 0 Å². The van der Waals surface area contributed by atoms with E-state index in [4.69, 9.17) is 0 Å². The monoisotopic (exact) mass is 500 g/mol. The predicted octanol–water partition coefficient (Wildman–Crippen LogP) is 3.21. The summed E-state index contributed by atoms with van der Waals surface area (Å²) in [4.78, 5) is 43.7. The van der Waals surface area contributed by atoms with Gasteiger partial charge in [-0.2, -0.15) is 0 Å². The van der Waals surface area contributed by atoms with Crippen LogP contribution in [0, 0.1) is 20.8 Å². The quantitative estimate of drug-likeness (QED) is 0.422. The predicted molar refractivity (Wildman–Crippen MR) is 151 cm³/mol. The van der Waals surface area contributed by atoms with Crippen molar-refractivity contribution in [3.63, 3.8) is 0 Å². The third kappa shape index (κ3) is 4.44. The average molecular weight is 501 g/mol. The Balaban J connectivity index is 2.15. The van der Waals surface area contributed by atoms with Crippen LogP contribution in [-0.2, 0) is 0 Å². The zero-order valence-corrected chi connectivity index (χ0v) is 22.2. The Hall–Kier alpha value is -4.53. The molecule has 192 valence electrons. The lowest BCUT2D eigenvalue weighted by Gasteiger charge is -2.19. The third-order valence-corrected chi connectivity index (χ3v) is 6.54. The molecular weight excluding hydrogens is 468 g/mol. The number of aryl methyl sites for hydroxylation is 3. The van der Waals surface area contributed by atoms with Crippen molar-refractivity contribution in [3.8, 4) is 17.1 Å². The molecule has 9 heteroatoms. The van der Waals surface area contributed by atoms with Crippen LogP contribution in [-0.4, -0.2) is 41.9 Å². The minimum atomic E-state index is -0.727. The second-order valence-electron chi connectivity index (χ2n) is 9.22. The Morgan fingerprint density at radius 2 is 0.919 bits per heavy atom. The van der Waals surface area contributed by atoms with Crippen molar-refractivity contribution in [3.05, 3.63) is 103 Å². The van der Waals surface area contributed by atoms with Crippen LogP contribution >= 0.6 is 0 Å². The van der Waals surface area contributed by atoms with Gasteiger partial charge >= 0.3 is 17.1 Å². The summed E-state index contributed by atoms with van der Waals surface area (Å²) >= 11 is 0. The molecule has 4 aromatic rings. The zero-order chi connectivity index (χ0) is 27.0.